The van der Waals surface area contributed by atoms with Crippen LogP contribution in [-0.2, 0) is 11.3 Å². The molecule has 0 aliphatic carbocycles. The Morgan fingerprint density at radius 2 is 1.55 bits per heavy atom. The van der Waals surface area contributed by atoms with E-state index in [1.165, 1.54) is 0 Å². The molecule has 1 saturated heterocycles. The summed E-state index contributed by atoms with van der Waals surface area (Å²) in [7, 11) is 6.27. The molecule has 1 unspecified atom stereocenters. The number of hydrogen-bond acceptors (Lipinski definition) is 6. The molecule has 8 heteroatoms. The largest absolute Gasteiger partial charge is 0.497 e. The average molecular weight is 555 g/mol. The summed E-state index contributed by atoms with van der Waals surface area (Å²) in [6.07, 6.45) is 5.79. The maximum absolute atomic E-state index is 14.0. The van der Waals surface area contributed by atoms with Gasteiger partial charge in [-0.05, 0) is 61.4 Å². The number of amides is 2. The lowest BCUT2D eigenvalue weighted by molar-refractivity contribution is -0.137. The normalized spacial score (nSPS) is 14.4. The first-order valence-electron chi connectivity index (χ1n) is 14.4. The molecule has 1 atom stereocenters. The number of piperidine rings is 1. The average Bonchev–Trinajstić information content (AvgIpc) is 3.00. The van der Waals surface area contributed by atoms with Crippen LogP contribution in [0.25, 0.3) is 0 Å². The fraction of sp³-hybridized carbons (Fsp3) is 0.562. The number of carbonyl (C=O) groups excluding carboxylic acids is 2. The molecule has 8 nitrogen and oxygen atoms in total. The lowest BCUT2D eigenvalue weighted by Gasteiger charge is -2.36. The van der Waals surface area contributed by atoms with Crippen molar-refractivity contribution < 1.29 is 28.5 Å². The van der Waals surface area contributed by atoms with Gasteiger partial charge < -0.3 is 28.7 Å². The smallest absolute Gasteiger partial charge is 0.254 e. The summed E-state index contributed by atoms with van der Waals surface area (Å²) < 4.78 is 21.8. The molecule has 1 heterocycles. The summed E-state index contributed by atoms with van der Waals surface area (Å²) in [6, 6.07) is 11.2. The van der Waals surface area contributed by atoms with Crippen molar-refractivity contribution >= 4 is 11.8 Å². The van der Waals surface area contributed by atoms with Crippen molar-refractivity contribution in [2.45, 2.75) is 58.9 Å². The third-order valence-electron chi connectivity index (χ3n) is 7.88. The van der Waals surface area contributed by atoms with Crippen LogP contribution in [0.3, 0.4) is 0 Å². The van der Waals surface area contributed by atoms with Crippen LogP contribution in [0.1, 0.15) is 68.3 Å². The zero-order valence-electron chi connectivity index (χ0n) is 25.0. The second-order valence-corrected chi connectivity index (χ2v) is 10.5. The van der Waals surface area contributed by atoms with Gasteiger partial charge in [-0.15, -0.1) is 0 Å². The monoisotopic (exact) mass is 554 g/mol. The van der Waals surface area contributed by atoms with Crippen molar-refractivity contribution in [3.05, 3.63) is 47.5 Å². The predicted octanol–water partition coefficient (Wildman–Crippen LogP) is 5.82. The maximum Gasteiger partial charge on any atom is 0.254 e. The minimum absolute atomic E-state index is 0.112. The Labute approximate surface area is 239 Å². The van der Waals surface area contributed by atoms with E-state index < -0.39 is 0 Å². The summed E-state index contributed by atoms with van der Waals surface area (Å²) in [5, 5.41) is 0. The van der Waals surface area contributed by atoms with Crippen LogP contribution in [0.2, 0.25) is 0 Å². The number of likely N-dealkylation sites (tertiary alicyclic amines) is 1. The number of ether oxygens (including phenoxy) is 4. The van der Waals surface area contributed by atoms with Crippen molar-refractivity contribution in [3.8, 4) is 23.0 Å². The van der Waals surface area contributed by atoms with Gasteiger partial charge in [0, 0.05) is 37.7 Å². The van der Waals surface area contributed by atoms with E-state index in [1.807, 2.05) is 34.1 Å². The van der Waals surface area contributed by atoms with Crippen LogP contribution in [0.5, 0.6) is 23.0 Å². The molecule has 0 bridgehead atoms. The van der Waals surface area contributed by atoms with E-state index in [1.54, 1.807) is 40.6 Å². The molecule has 1 aliphatic heterocycles. The highest BCUT2D eigenvalue weighted by Gasteiger charge is 2.30. The summed E-state index contributed by atoms with van der Waals surface area (Å²) in [6.45, 7) is 6.79. The van der Waals surface area contributed by atoms with E-state index in [-0.39, 0.29) is 17.7 Å². The fourth-order valence-electron chi connectivity index (χ4n) is 5.42. The van der Waals surface area contributed by atoms with Gasteiger partial charge in [-0.1, -0.05) is 38.8 Å². The Bertz CT molecular complexity index is 1070. The quantitative estimate of drug-likeness (QED) is 0.293. The molecule has 0 spiro atoms. The van der Waals surface area contributed by atoms with E-state index in [0.717, 1.165) is 62.9 Å². The van der Waals surface area contributed by atoms with Gasteiger partial charge in [0.1, 0.15) is 5.75 Å². The van der Waals surface area contributed by atoms with Crippen LogP contribution in [-0.4, -0.2) is 69.7 Å². The molecular formula is C32H46N2O6. The predicted molar refractivity (Wildman–Crippen MR) is 156 cm³/mol. The third-order valence-corrected chi connectivity index (χ3v) is 7.88. The highest BCUT2D eigenvalue weighted by atomic mass is 16.5. The number of rotatable bonds is 14. The molecule has 0 radical (unpaired) electrons. The molecule has 1 aliphatic rings. The van der Waals surface area contributed by atoms with Crippen LogP contribution >= 0.6 is 0 Å². The van der Waals surface area contributed by atoms with Gasteiger partial charge >= 0.3 is 0 Å². The summed E-state index contributed by atoms with van der Waals surface area (Å²) in [4.78, 5) is 31.0. The van der Waals surface area contributed by atoms with Crippen LogP contribution < -0.4 is 18.9 Å². The molecule has 0 saturated carbocycles. The number of hydrogen-bond donors (Lipinski definition) is 0. The highest BCUT2D eigenvalue weighted by Crippen LogP contribution is 2.38. The topological polar surface area (TPSA) is 77.5 Å². The molecule has 2 aromatic carbocycles. The van der Waals surface area contributed by atoms with Crippen molar-refractivity contribution in [3.63, 3.8) is 0 Å². The Balaban J connectivity index is 1.79. The van der Waals surface area contributed by atoms with Gasteiger partial charge in [-0.3, -0.25) is 9.59 Å². The van der Waals surface area contributed by atoms with Crippen LogP contribution in [0.15, 0.2) is 36.4 Å². The summed E-state index contributed by atoms with van der Waals surface area (Å²) >= 11 is 0. The lowest BCUT2D eigenvalue weighted by Crippen LogP contribution is -2.44. The van der Waals surface area contributed by atoms with Gasteiger partial charge in [-0.2, -0.15) is 0 Å². The van der Waals surface area contributed by atoms with E-state index >= 15 is 0 Å². The van der Waals surface area contributed by atoms with Gasteiger partial charge in [0.2, 0.25) is 11.7 Å². The van der Waals surface area contributed by atoms with Crippen molar-refractivity contribution in [1.29, 1.82) is 0 Å². The first-order chi connectivity index (χ1) is 19.4. The van der Waals surface area contributed by atoms with E-state index in [2.05, 4.69) is 13.8 Å². The van der Waals surface area contributed by atoms with Crippen molar-refractivity contribution in [1.82, 2.24) is 9.80 Å². The number of methoxy groups -OCH3 is 4. The third kappa shape index (κ3) is 7.83. The zero-order valence-corrected chi connectivity index (χ0v) is 25.0. The number of nitrogens with zero attached hydrogens (tertiary/aromatic N) is 2. The molecule has 220 valence electrons. The Kier molecular flexibility index (Phi) is 12.0. The second-order valence-electron chi connectivity index (χ2n) is 10.5. The Hall–Kier alpha value is -3.42. The first kappa shape index (κ1) is 31.1. The van der Waals surface area contributed by atoms with E-state index in [9.17, 15) is 9.59 Å². The van der Waals surface area contributed by atoms with E-state index in [0.29, 0.717) is 41.8 Å². The maximum atomic E-state index is 14.0. The molecule has 0 N–H and O–H groups in total. The SMILES string of the molecule is CCCCC(CC)C(=O)N1CCC(CN(Cc2ccc(OC)cc2)C(=O)c2cc(OC)c(OC)c(OC)c2)CC1. The number of carbonyl (C=O) groups is 2. The zero-order chi connectivity index (χ0) is 29.1. The number of unbranched alkanes of at least 4 members (excludes halogenated alkanes) is 1. The van der Waals surface area contributed by atoms with Crippen LogP contribution in [0.4, 0.5) is 0 Å². The van der Waals surface area contributed by atoms with E-state index in [4.69, 9.17) is 18.9 Å². The number of benzene rings is 2. The molecule has 3 rings (SSSR count). The van der Waals surface area contributed by atoms with Crippen molar-refractivity contribution in [2.75, 3.05) is 48.1 Å². The summed E-state index contributed by atoms with van der Waals surface area (Å²) in [5.41, 5.74) is 1.48. The highest BCUT2D eigenvalue weighted by molar-refractivity contribution is 5.95. The van der Waals surface area contributed by atoms with Gasteiger partial charge in [0.15, 0.2) is 11.5 Å². The lowest BCUT2D eigenvalue weighted by atomic mass is 9.92. The minimum atomic E-state index is -0.112. The van der Waals surface area contributed by atoms with Crippen molar-refractivity contribution in [2.24, 2.45) is 11.8 Å². The Morgan fingerprint density at radius 3 is 2.05 bits per heavy atom. The molecule has 40 heavy (non-hydrogen) atoms. The van der Waals surface area contributed by atoms with Gasteiger partial charge in [0.05, 0.1) is 28.4 Å². The molecular weight excluding hydrogens is 508 g/mol. The first-order valence-corrected chi connectivity index (χ1v) is 14.4. The summed E-state index contributed by atoms with van der Waals surface area (Å²) in [5.74, 6) is 2.69. The van der Waals surface area contributed by atoms with Gasteiger partial charge in [-0.25, -0.2) is 0 Å². The molecule has 2 aromatic rings. The second kappa shape index (κ2) is 15.4. The Morgan fingerprint density at radius 1 is 0.925 bits per heavy atom. The molecule has 1 fully saturated rings. The van der Waals surface area contributed by atoms with Gasteiger partial charge in [0.25, 0.3) is 5.91 Å². The van der Waals surface area contributed by atoms with Crippen LogP contribution in [0, 0.1) is 11.8 Å². The standard InChI is InChI=1S/C32H46N2O6/c1-7-9-10-25(8-2)31(35)33-17-15-24(16-18-33)22-34(21-23-11-13-27(37-3)14-12-23)32(36)26-19-28(38-4)30(40-6)29(20-26)39-5/h11-14,19-20,24-25H,7-10,15-18,21-22H2,1-6H3. The molecule has 0 aromatic heterocycles. The minimum Gasteiger partial charge on any atom is -0.497 e. The molecule has 2 amide bonds. The fourth-order valence-corrected chi connectivity index (χ4v) is 5.42.